The first-order valence-corrected chi connectivity index (χ1v) is 6.38. The summed E-state index contributed by atoms with van der Waals surface area (Å²) in [7, 11) is 0. The minimum absolute atomic E-state index is 0.0591. The Kier molecular flexibility index (Phi) is 3.10. The molecule has 1 saturated carbocycles. The molecule has 3 rings (SSSR count). The third kappa shape index (κ3) is 2.09. The van der Waals surface area contributed by atoms with E-state index in [0.29, 0.717) is 6.07 Å². The van der Waals surface area contributed by atoms with E-state index >= 15 is 0 Å². The summed E-state index contributed by atoms with van der Waals surface area (Å²) in [6, 6.07) is 0.651. The van der Waals surface area contributed by atoms with Gasteiger partial charge in [0.15, 0.2) is 17.4 Å². The van der Waals surface area contributed by atoms with Crippen molar-refractivity contribution in [1.29, 1.82) is 0 Å². The zero-order chi connectivity index (χ0) is 16.0. The third-order valence-electron chi connectivity index (χ3n) is 3.46. The summed E-state index contributed by atoms with van der Waals surface area (Å²) in [5.74, 6) is -0.897. The van der Waals surface area contributed by atoms with Gasteiger partial charge in [0.25, 0.3) is 0 Å². The maximum Gasteiger partial charge on any atom is 0.511 e. The highest BCUT2D eigenvalue weighted by atomic mass is 19.2. The first-order valence-electron chi connectivity index (χ1n) is 6.38. The van der Waals surface area contributed by atoms with E-state index in [4.69, 9.17) is 11.5 Å². The second kappa shape index (κ2) is 4.84. The highest BCUT2D eigenvalue weighted by Crippen LogP contribution is 2.39. The summed E-state index contributed by atoms with van der Waals surface area (Å²) in [5, 5.41) is 8.46. The molecule has 1 heterocycles. The van der Waals surface area contributed by atoms with E-state index in [1.54, 1.807) is 0 Å². The number of carbonyl (C=O) groups is 1. The Labute approximate surface area is 122 Å². The van der Waals surface area contributed by atoms with Crippen molar-refractivity contribution in [2.75, 3.05) is 0 Å². The Morgan fingerprint density at radius 3 is 2.68 bits per heavy atom. The summed E-state index contributed by atoms with van der Waals surface area (Å²) in [6.07, 6.45) is 6.27. The molecule has 0 aliphatic heterocycles. The van der Waals surface area contributed by atoms with Gasteiger partial charge in [0.1, 0.15) is 0 Å². The molecule has 22 heavy (non-hydrogen) atoms. The number of ether oxygens (including phenoxy) is 1. The Morgan fingerprint density at radius 1 is 1.45 bits per heavy atom. The Hall–Kier alpha value is -2.88. The number of hydrogen-bond acceptors (Lipinski definition) is 3. The normalized spacial score (nSPS) is 13.9. The smallest absolute Gasteiger partial charge is 0.449 e. The van der Waals surface area contributed by atoms with E-state index in [-0.39, 0.29) is 22.5 Å². The standard InChI is InChI=1S/C15H9F2NO4/c1-2-8-12(17)10(16)5-9-13(8)18(7-3-4-7)6-11(14(9)19)22-15(20)21/h1,5-7H,3-4H2,(H,20,21). The molecule has 0 atom stereocenters. The first kappa shape index (κ1) is 14.1. The number of hydrogen-bond donors (Lipinski definition) is 1. The SMILES string of the molecule is C#Cc1c(F)c(F)cc2c(=O)c(OC(=O)O)cn(C3CC3)c12. The van der Waals surface area contributed by atoms with Crippen LogP contribution in [0.25, 0.3) is 10.9 Å². The Morgan fingerprint density at radius 2 is 2.14 bits per heavy atom. The number of nitrogens with zero attached hydrogens (tertiary/aromatic N) is 1. The fourth-order valence-electron chi connectivity index (χ4n) is 2.38. The molecule has 2 aromatic rings. The Bertz CT molecular complexity index is 907. The van der Waals surface area contributed by atoms with Crippen molar-refractivity contribution in [2.45, 2.75) is 18.9 Å². The van der Waals surface area contributed by atoms with Gasteiger partial charge in [-0.1, -0.05) is 5.92 Å². The fourth-order valence-corrected chi connectivity index (χ4v) is 2.38. The maximum atomic E-state index is 13.9. The molecule has 0 amide bonds. The van der Waals surface area contributed by atoms with Gasteiger partial charge < -0.3 is 14.4 Å². The van der Waals surface area contributed by atoms with Gasteiger partial charge in [0.05, 0.1) is 22.7 Å². The number of pyridine rings is 1. The fraction of sp³-hybridized carbons (Fsp3) is 0.200. The van der Waals surface area contributed by atoms with E-state index < -0.39 is 29.0 Å². The third-order valence-corrected chi connectivity index (χ3v) is 3.46. The van der Waals surface area contributed by atoms with Crippen LogP contribution in [-0.4, -0.2) is 15.8 Å². The molecular formula is C15H9F2NO4. The monoisotopic (exact) mass is 305 g/mol. The highest BCUT2D eigenvalue weighted by Gasteiger charge is 2.29. The van der Waals surface area contributed by atoms with Crippen LogP contribution in [-0.2, 0) is 0 Å². The first-order chi connectivity index (χ1) is 10.4. The van der Waals surface area contributed by atoms with Crippen LogP contribution in [0.4, 0.5) is 13.6 Å². The summed E-state index contributed by atoms with van der Waals surface area (Å²) >= 11 is 0. The van der Waals surface area contributed by atoms with Gasteiger partial charge in [0, 0.05) is 6.04 Å². The molecular weight excluding hydrogens is 296 g/mol. The molecule has 0 spiro atoms. The summed E-state index contributed by atoms with van der Waals surface area (Å²) < 4.78 is 33.4. The lowest BCUT2D eigenvalue weighted by atomic mass is 10.1. The topological polar surface area (TPSA) is 68.5 Å². The molecule has 0 saturated heterocycles. The van der Waals surface area contributed by atoms with Gasteiger partial charge in [-0.25, -0.2) is 13.6 Å². The molecule has 0 bridgehead atoms. The van der Waals surface area contributed by atoms with Gasteiger partial charge in [0.2, 0.25) is 5.43 Å². The summed E-state index contributed by atoms with van der Waals surface area (Å²) in [5.41, 5.74) is -1.14. The van der Waals surface area contributed by atoms with Gasteiger partial charge >= 0.3 is 6.16 Å². The molecule has 0 radical (unpaired) electrons. The van der Waals surface area contributed by atoms with Crippen LogP contribution in [0.3, 0.4) is 0 Å². The predicted octanol–water partition coefficient (Wildman–Crippen LogP) is 2.65. The largest absolute Gasteiger partial charge is 0.511 e. The van der Waals surface area contributed by atoms with Crippen LogP contribution in [0.5, 0.6) is 5.75 Å². The summed E-state index contributed by atoms with van der Waals surface area (Å²) in [4.78, 5) is 22.9. The molecule has 1 aromatic carbocycles. The molecule has 5 nitrogen and oxygen atoms in total. The van der Waals surface area contributed by atoms with Crippen LogP contribution in [0, 0.1) is 24.0 Å². The molecule has 0 unspecified atom stereocenters. The van der Waals surface area contributed by atoms with Gasteiger partial charge in [-0.05, 0) is 18.9 Å². The van der Waals surface area contributed by atoms with Crippen LogP contribution in [0.15, 0.2) is 17.1 Å². The summed E-state index contributed by atoms with van der Waals surface area (Å²) in [6.45, 7) is 0. The van der Waals surface area contributed by atoms with E-state index in [0.717, 1.165) is 12.8 Å². The molecule has 7 heteroatoms. The van der Waals surface area contributed by atoms with E-state index in [1.165, 1.54) is 10.8 Å². The highest BCUT2D eigenvalue weighted by molar-refractivity contribution is 5.87. The minimum atomic E-state index is -1.67. The van der Waals surface area contributed by atoms with E-state index in [2.05, 4.69) is 10.7 Å². The van der Waals surface area contributed by atoms with Crippen molar-refractivity contribution in [3.05, 3.63) is 39.7 Å². The zero-order valence-corrected chi connectivity index (χ0v) is 11.1. The van der Waals surface area contributed by atoms with E-state index in [1.807, 2.05) is 0 Å². The average Bonchev–Trinajstić information content (AvgIpc) is 3.28. The number of benzene rings is 1. The molecule has 1 aliphatic rings. The number of aromatic nitrogens is 1. The predicted molar refractivity (Wildman–Crippen MR) is 73.0 cm³/mol. The van der Waals surface area contributed by atoms with Gasteiger partial charge in [-0.3, -0.25) is 4.79 Å². The quantitative estimate of drug-likeness (QED) is 0.684. The molecule has 1 fully saturated rings. The number of terminal acetylenes is 1. The molecule has 1 aliphatic carbocycles. The van der Waals surface area contributed by atoms with Crippen molar-refractivity contribution in [3.63, 3.8) is 0 Å². The lowest BCUT2D eigenvalue weighted by molar-refractivity contribution is 0.143. The number of fused-ring (bicyclic) bond motifs is 1. The molecule has 112 valence electrons. The zero-order valence-electron chi connectivity index (χ0n) is 11.1. The van der Waals surface area contributed by atoms with Crippen LogP contribution in [0.2, 0.25) is 0 Å². The van der Waals surface area contributed by atoms with Crippen molar-refractivity contribution in [1.82, 2.24) is 4.57 Å². The minimum Gasteiger partial charge on any atom is -0.449 e. The van der Waals surface area contributed by atoms with Crippen LogP contribution < -0.4 is 10.2 Å². The number of rotatable bonds is 2. The Balaban J connectivity index is 2.45. The van der Waals surface area contributed by atoms with Crippen molar-refractivity contribution in [3.8, 4) is 18.1 Å². The second-order valence-corrected chi connectivity index (χ2v) is 4.92. The molecule has 1 aromatic heterocycles. The van der Waals surface area contributed by atoms with Crippen molar-refractivity contribution in [2.24, 2.45) is 0 Å². The average molecular weight is 305 g/mol. The second-order valence-electron chi connectivity index (χ2n) is 4.92. The number of carboxylic acid groups (broad SMARTS) is 1. The molecule has 1 N–H and O–H groups in total. The van der Waals surface area contributed by atoms with Crippen molar-refractivity contribution < 1.29 is 23.4 Å². The van der Waals surface area contributed by atoms with Gasteiger partial charge in [-0.2, -0.15) is 0 Å². The van der Waals surface area contributed by atoms with Gasteiger partial charge in [-0.15, -0.1) is 6.42 Å². The maximum absolute atomic E-state index is 13.9. The van der Waals surface area contributed by atoms with E-state index in [9.17, 15) is 18.4 Å². The van der Waals surface area contributed by atoms with Crippen molar-refractivity contribution >= 4 is 17.1 Å². The lowest BCUT2D eigenvalue weighted by Gasteiger charge is -2.14. The number of halogens is 2. The lowest BCUT2D eigenvalue weighted by Crippen LogP contribution is -2.17. The van der Waals surface area contributed by atoms with Crippen LogP contribution in [0.1, 0.15) is 24.4 Å². The van der Waals surface area contributed by atoms with Crippen LogP contribution >= 0.6 is 0 Å².